The van der Waals surface area contributed by atoms with Gasteiger partial charge in [0, 0.05) is 17.1 Å². The highest BCUT2D eigenvalue weighted by Crippen LogP contribution is 2.31. The molecule has 0 aliphatic rings. The molecule has 0 saturated carbocycles. The molecule has 1 amide bonds. The van der Waals surface area contributed by atoms with Gasteiger partial charge < -0.3 is 5.32 Å². The number of amides is 1. The van der Waals surface area contributed by atoms with Crippen molar-refractivity contribution in [3.63, 3.8) is 0 Å². The summed E-state index contributed by atoms with van der Waals surface area (Å²) in [4.78, 5) is 16.2. The highest BCUT2D eigenvalue weighted by atomic mass is 32.2. The number of aromatic nitrogens is 1. The SMILES string of the molecule is Cc1cccc(C(=O)Nc2cccc(S(=O)(=O)Nc3cccc(C(F)(F)F)c3)c2)n1. The zero-order chi connectivity index (χ0) is 21.9. The first-order chi connectivity index (χ1) is 14.0. The van der Waals surface area contributed by atoms with E-state index in [1.165, 1.54) is 36.4 Å². The monoisotopic (exact) mass is 435 g/mol. The summed E-state index contributed by atoms with van der Waals surface area (Å²) >= 11 is 0. The van der Waals surface area contributed by atoms with Crippen LogP contribution < -0.4 is 10.0 Å². The maximum absolute atomic E-state index is 12.8. The number of benzene rings is 2. The molecule has 3 rings (SSSR count). The quantitative estimate of drug-likeness (QED) is 0.619. The molecule has 6 nitrogen and oxygen atoms in total. The van der Waals surface area contributed by atoms with Crippen molar-refractivity contribution >= 4 is 27.3 Å². The van der Waals surface area contributed by atoms with E-state index in [1.54, 1.807) is 19.1 Å². The number of halogens is 3. The zero-order valence-electron chi connectivity index (χ0n) is 15.6. The van der Waals surface area contributed by atoms with Crippen molar-refractivity contribution in [1.29, 1.82) is 0 Å². The van der Waals surface area contributed by atoms with Crippen LogP contribution in [-0.4, -0.2) is 19.3 Å². The summed E-state index contributed by atoms with van der Waals surface area (Å²) in [6.45, 7) is 1.73. The van der Waals surface area contributed by atoms with Gasteiger partial charge in [0.2, 0.25) is 0 Å². The molecule has 0 aliphatic heterocycles. The Bertz CT molecular complexity index is 1190. The lowest BCUT2D eigenvalue weighted by Crippen LogP contribution is -2.16. The molecule has 1 aromatic heterocycles. The fourth-order valence-corrected chi connectivity index (χ4v) is 3.67. The fraction of sp³-hybridized carbons (Fsp3) is 0.100. The van der Waals surface area contributed by atoms with E-state index in [0.717, 1.165) is 12.1 Å². The number of hydrogen-bond acceptors (Lipinski definition) is 4. The molecular weight excluding hydrogens is 419 g/mol. The van der Waals surface area contributed by atoms with E-state index in [0.29, 0.717) is 11.8 Å². The molecular formula is C20H16F3N3O3S. The molecule has 0 bridgehead atoms. The first-order valence-electron chi connectivity index (χ1n) is 8.60. The maximum Gasteiger partial charge on any atom is 0.416 e. The summed E-state index contributed by atoms with van der Waals surface area (Å²) in [7, 11) is -4.19. The van der Waals surface area contributed by atoms with E-state index in [2.05, 4.69) is 15.0 Å². The van der Waals surface area contributed by atoms with Gasteiger partial charge in [0.1, 0.15) is 5.69 Å². The van der Waals surface area contributed by atoms with Gasteiger partial charge in [-0.1, -0.05) is 18.2 Å². The third kappa shape index (κ3) is 5.15. The molecule has 2 N–H and O–H groups in total. The summed E-state index contributed by atoms with van der Waals surface area (Å²) in [5.41, 5.74) is -0.220. The van der Waals surface area contributed by atoms with Crippen molar-refractivity contribution in [1.82, 2.24) is 4.98 Å². The molecule has 0 spiro atoms. The Kier molecular flexibility index (Phi) is 5.79. The van der Waals surface area contributed by atoms with Crippen LogP contribution in [0.1, 0.15) is 21.7 Å². The lowest BCUT2D eigenvalue weighted by molar-refractivity contribution is -0.137. The van der Waals surface area contributed by atoms with Gasteiger partial charge in [-0.25, -0.2) is 13.4 Å². The summed E-state index contributed by atoms with van der Waals surface area (Å²) in [5.74, 6) is -0.529. The molecule has 30 heavy (non-hydrogen) atoms. The molecule has 0 fully saturated rings. The average molecular weight is 435 g/mol. The smallest absolute Gasteiger partial charge is 0.321 e. The van der Waals surface area contributed by atoms with Gasteiger partial charge in [-0.2, -0.15) is 13.2 Å². The van der Waals surface area contributed by atoms with Crippen LogP contribution in [0.15, 0.2) is 71.6 Å². The minimum Gasteiger partial charge on any atom is -0.321 e. The van der Waals surface area contributed by atoms with E-state index in [-0.39, 0.29) is 22.0 Å². The zero-order valence-corrected chi connectivity index (χ0v) is 16.4. The molecule has 2 aromatic carbocycles. The molecule has 1 heterocycles. The summed E-state index contributed by atoms with van der Waals surface area (Å²) in [5, 5.41) is 2.55. The predicted molar refractivity (Wildman–Crippen MR) is 106 cm³/mol. The van der Waals surface area contributed by atoms with Crippen LogP contribution in [0, 0.1) is 6.92 Å². The lowest BCUT2D eigenvalue weighted by Gasteiger charge is -2.12. The minimum absolute atomic E-state index is 0.158. The van der Waals surface area contributed by atoms with Crippen LogP contribution in [0.2, 0.25) is 0 Å². The van der Waals surface area contributed by atoms with Crippen molar-refractivity contribution < 1.29 is 26.4 Å². The fourth-order valence-electron chi connectivity index (χ4n) is 2.58. The van der Waals surface area contributed by atoms with Gasteiger partial charge in [-0.05, 0) is 55.5 Å². The minimum atomic E-state index is -4.60. The number of alkyl halides is 3. The molecule has 0 aliphatic carbocycles. The Labute approximate surface area is 170 Å². The number of carbonyl (C=O) groups excluding carboxylic acids is 1. The van der Waals surface area contributed by atoms with Crippen LogP contribution in [0.25, 0.3) is 0 Å². The van der Waals surface area contributed by atoms with Gasteiger partial charge in [-0.3, -0.25) is 9.52 Å². The van der Waals surface area contributed by atoms with Crippen LogP contribution in [-0.2, 0) is 16.2 Å². The Hall–Kier alpha value is -3.40. The van der Waals surface area contributed by atoms with Crippen molar-refractivity contribution in [3.05, 3.63) is 83.7 Å². The van der Waals surface area contributed by atoms with Crippen molar-refractivity contribution in [2.24, 2.45) is 0 Å². The summed E-state index contributed by atoms with van der Waals surface area (Å²) < 4.78 is 65.8. The number of pyridine rings is 1. The number of nitrogens with one attached hydrogen (secondary N) is 2. The number of carbonyl (C=O) groups is 1. The van der Waals surface area contributed by atoms with Gasteiger partial charge in [0.05, 0.1) is 10.5 Å². The van der Waals surface area contributed by atoms with Gasteiger partial charge in [0.25, 0.3) is 15.9 Å². The first-order valence-corrected chi connectivity index (χ1v) is 10.1. The van der Waals surface area contributed by atoms with Crippen LogP contribution in [0.3, 0.4) is 0 Å². The second-order valence-corrected chi connectivity index (χ2v) is 8.01. The third-order valence-corrected chi connectivity index (χ3v) is 5.34. The second-order valence-electron chi connectivity index (χ2n) is 6.33. The van der Waals surface area contributed by atoms with Gasteiger partial charge in [-0.15, -0.1) is 0 Å². The largest absolute Gasteiger partial charge is 0.416 e. The van der Waals surface area contributed by atoms with E-state index >= 15 is 0 Å². The highest BCUT2D eigenvalue weighted by molar-refractivity contribution is 7.92. The maximum atomic E-state index is 12.8. The first kappa shape index (κ1) is 21.3. The Morgan fingerprint density at radius 2 is 1.60 bits per heavy atom. The molecule has 10 heteroatoms. The third-order valence-electron chi connectivity index (χ3n) is 3.97. The number of nitrogens with zero attached hydrogens (tertiary/aromatic N) is 1. The van der Waals surface area contributed by atoms with Crippen molar-refractivity contribution in [3.8, 4) is 0 Å². The molecule has 0 atom stereocenters. The summed E-state index contributed by atoms with van der Waals surface area (Å²) in [6.07, 6.45) is -4.60. The molecule has 0 unspecified atom stereocenters. The van der Waals surface area contributed by atoms with Crippen LogP contribution in [0.4, 0.5) is 24.5 Å². The van der Waals surface area contributed by atoms with Crippen LogP contribution in [0.5, 0.6) is 0 Å². The van der Waals surface area contributed by atoms with E-state index in [1.807, 2.05) is 0 Å². The van der Waals surface area contributed by atoms with Crippen molar-refractivity contribution in [2.75, 3.05) is 10.0 Å². The number of aryl methyl sites for hydroxylation is 1. The molecule has 3 aromatic rings. The number of rotatable bonds is 5. The topological polar surface area (TPSA) is 88.2 Å². The molecule has 156 valence electrons. The Morgan fingerprint density at radius 1 is 0.933 bits per heavy atom. The standard InChI is InChI=1S/C20H16F3N3O3S/c1-13-5-2-10-18(24-13)19(27)25-15-7-4-9-17(12-15)30(28,29)26-16-8-3-6-14(11-16)20(21,22)23/h2-12,26H,1H3,(H,25,27). The Morgan fingerprint density at radius 3 is 2.30 bits per heavy atom. The predicted octanol–water partition coefficient (Wildman–Crippen LogP) is 4.46. The second kappa shape index (κ2) is 8.15. The lowest BCUT2D eigenvalue weighted by atomic mass is 10.2. The van der Waals surface area contributed by atoms with Crippen molar-refractivity contribution in [2.45, 2.75) is 18.0 Å². The van der Waals surface area contributed by atoms with Crippen LogP contribution >= 0.6 is 0 Å². The van der Waals surface area contributed by atoms with Gasteiger partial charge in [0.15, 0.2) is 0 Å². The molecule has 0 radical (unpaired) electrons. The summed E-state index contributed by atoms with van der Waals surface area (Å²) in [6, 6.07) is 14.1. The number of sulfonamides is 1. The number of anilines is 2. The molecule has 0 saturated heterocycles. The highest BCUT2D eigenvalue weighted by Gasteiger charge is 2.30. The van der Waals surface area contributed by atoms with E-state index < -0.39 is 27.7 Å². The van der Waals surface area contributed by atoms with Gasteiger partial charge >= 0.3 is 6.18 Å². The van der Waals surface area contributed by atoms with E-state index in [9.17, 15) is 26.4 Å². The Balaban J connectivity index is 1.81. The normalized spacial score (nSPS) is 11.7. The number of hydrogen-bond donors (Lipinski definition) is 2. The van der Waals surface area contributed by atoms with E-state index in [4.69, 9.17) is 0 Å². The average Bonchev–Trinajstić information content (AvgIpc) is 2.67.